The minimum absolute atomic E-state index is 0.0528. The highest BCUT2D eigenvalue weighted by atomic mass is 32.2. The molecule has 2 rings (SSSR count). The van der Waals surface area contributed by atoms with Crippen molar-refractivity contribution in [3.8, 4) is 5.75 Å². The van der Waals surface area contributed by atoms with Gasteiger partial charge in [0.05, 0.1) is 10.6 Å². The molecule has 0 amide bonds. The Morgan fingerprint density at radius 1 is 1.35 bits per heavy atom. The van der Waals surface area contributed by atoms with Crippen molar-refractivity contribution in [1.82, 2.24) is 9.62 Å². The molecule has 0 aliphatic carbocycles. The van der Waals surface area contributed by atoms with Crippen LogP contribution in [0.15, 0.2) is 23.1 Å². The molecule has 0 aromatic heterocycles. The van der Waals surface area contributed by atoms with Gasteiger partial charge in [-0.05, 0) is 43.3 Å². The summed E-state index contributed by atoms with van der Waals surface area (Å²) in [5.41, 5.74) is 0.268. The van der Waals surface area contributed by atoms with E-state index in [9.17, 15) is 13.5 Å². The molecule has 1 fully saturated rings. The van der Waals surface area contributed by atoms with Gasteiger partial charge < -0.3 is 15.7 Å². The van der Waals surface area contributed by atoms with Crippen molar-refractivity contribution in [3.63, 3.8) is 0 Å². The molecule has 1 aliphatic rings. The van der Waals surface area contributed by atoms with Crippen LogP contribution in [0.2, 0.25) is 0 Å². The third-order valence-corrected chi connectivity index (χ3v) is 5.35. The lowest BCUT2D eigenvalue weighted by Crippen LogP contribution is -2.28. The van der Waals surface area contributed by atoms with E-state index in [1.807, 2.05) is 0 Å². The number of aromatic hydroxyl groups is 1. The van der Waals surface area contributed by atoms with Crippen LogP contribution >= 0.6 is 12.2 Å². The molecule has 1 aliphatic heterocycles. The zero-order chi connectivity index (χ0) is 14.8. The number of benzene rings is 1. The molecule has 6 nitrogen and oxygen atoms in total. The lowest BCUT2D eigenvalue weighted by atomic mass is 10.3. The zero-order valence-corrected chi connectivity index (χ0v) is 12.7. The average Bonchev–Trinajstić information content (AvgIpc) is 2.95. The summed E-state index contributed by atoms with van der Waals surface area (Å²) in [5.74, 6) is -0.0528. The van der Waals surface area contributed by atoms with Gasteiger partial charge in [-0.15, -0.1) is 0 Å². The smallest absolute Gasteiger partial charge is 0.243 e. The fraction of sp³-hybridized carbons (Fsp3) is 0.417. The summed E-state index contributed by atoms with van der Waals surface area (Å²) in [6.45, 7) is 1.09. The number of phenols is 1. The highest BCUT2D eigenvalue weighted by Gasteiger charge is 2.27. The largest absolute Gasteiger partial charge is 0.506 e. The number of nitrogens with zero attached hydrogens (tertiary/aromatic N) is 1. The van der Waals surface area contributed by atoms with Gasteiger partial charge in [-0.3, -0.25) is 0 Å². The summed E-state index contributed by atoms with van der Waals surface area (Å²) < 4.78 is 26.3. The fourth-order valence-corrected chi connectivity index (χ4v) is 3.69. The Morgan fingerprint density at radius 3 is 2.60 bits per heavy atom. The molecular formula is C12H17N3O3S2. The molecule has 8 heteroatoms. The Kier molecular flexibility index (Phi) is 4.46. The molecule has 0 spiro atoms. The van der Waals surface area contributed by atoms with Crippen LogP contribution in [-0.2, 0) is 10.0 Å². The standard InChI is InChI=1S/C12H17N3O3S2/c1-13-12(19)14-10-8-9(4-5-11(10)16)20(17,18)15-6-2-3-7-15/h4-5,8,16H,2-3,6-7H2,1H3,(H2,13,14,19). The first-order chi connectivity index (χ1) is 9.45. The van der Waals surface area contributed by atoms with Crippen LogP contribution in [-0.4, -0.2) is 43.1 Å². The van der Waals surface area contributed by atoms with Gasteiger partial charge in [0.15, 0.2) is 5.11 Å². The Morgan fingerprint density at radius 2 is 2.00 bits per heavy atom. The van der Waals surface area contributed by atoms with Gasteiger partial charge in [-0.2, -0.15) is 4.31 Å². The molecule has 1 heterocycles. The average molecular weight is 315 g/mol. The molecule has 0 unspecified atom stereocenters. The highest BCUT2D eigenvalue weighted by molar-refractivity contribution is 7.89. The summed E-state index contributed by atoms with van der Waals surface area (Å²) in [7, 11) is -1.87. The van der Waals surface area contributed by atoms with Crippen molar-refractivity contribution in [1.29, 1.82) is 0 Å². The normalized spacial score (nSPS) is 16.1. The number of sulfonamides is 1. The van der Waals surface area contributed by atoms with Gasteiger partial charge >= 0.3 is 0 Å². The first-order valence-electron chi connectivity index (χ1n) is 6.27. The Labute approximate surface area is 123 Å². The summed E-state index contributed by atoms with van der Waals surface area (Å²) in [6.07, 6.45) is 1.76. The predicted molar refractivity (Wildman–Crippen MR) is 81.4 cm³/mol. The van der Waals surface area contributed by atoms with Crippen molar-refractivity contribution >= 4 is 33.0 Å². The van der Waals surface area contributed by atoms with Gasteiger partial charge in [0.1, 0.15) is 5.75 Å². The van der Waals surface area contributed by atoms with Crippen molar-refractivity contribution < 1.29 is 13.5 Å². The number of anilines is 1. The van der Waals surface area contributed by atoms with Crippen LogP contribution in [0, 0.1) is 0 Å². The summed E-state index contributed by atoms with van der Waals surface area (Å²) in [5, 5.41) is 15.5. The maximum absolute atomic E-state index is 12.4. The maximum atomic E-state index is 12.4. The third-order valence-electron chi connectivity index (χ3n) is 3.15. The SMILES string of the molecule is CNC(=S)Nc1cc(S(=O)(=O)N2CCCC2)ccc1O. The first kappa shape index (κ1) is 15.0. The molecule has 3 N–H and O–H groups in total. The van der Waals surface area contributed by atoms with Gasteiger partial charge in [0.25, 0.3) is 0 Å². The maximum Gasteiger partial charge on any atom is 0.243 e. The minimum Gasteiger partial charge on any atom is -0.506 e. The van der Waals surface area contributed by atoms with E-state index in [0.717, 1.165) is 12.8 Å². The molecule has 0 saturated carbocycles. The van der Waals surface area contributed by atoms with Crippen LogP contribution in [0.4, 0.5) is 5.69 Å². The number of thiocarbonyl (C=S) groups is 1. The van der Waals surface area contributed by atoms with Crippen LogP contribution in [0.1, 0.15) is 12.8 Å². The van der Waals surface area contributed by atoms with Gasteiger partial charge in [0.2, 0.25) is 10.0 Å². The van der Waals surface area contributed by atoms with Crippen LogP contribution in [0.3, 0.4) is 0 Å². The lowest BCUT2D eigenvalue weighted by Gasteiger charge is -2.17. The number of phenolic OH excluding ortho intramolecular Hbond substituents is 1. The predicted octanol–water partition coefficient (Wildman–Crippen LogP) is 1.09. The molecule has 1 saturated heterocycles. The fourth-order valence-electron chi connectivity index (χ4n) is 2.04. The second-order valence-electron chi connectivity index (χ2n) is 4.49. The monoisotopic (exact) mass is 315 g/mol. The summed E-state index contributed by atoms with van der Waals surface area (Å²) >= 11 is 4.95. The number of hydrogen-bond donors (Lipinski definition) is 3. The Bertz CT molecular complexity index is 610. The van der Waals surface area contributed by atoms with E-state index < -0.39 is 10.0 Å². The van der Waals surface area contributed by atoms with E-state index in [-0.39, 0.29) is 16.3 Å². The molecule has 1 aromatic rings. The van der Waals surface area contributed by atoms with Crippen LogP contribution < -0.4 is 10.6 Å². The van der Waals surface area contributed by atoms with Crippen LogP contribution in [0.25, 0.3) is 0 Å². The van der Waals surface area contributed by atoms with E-state index in [4.69, 9.17) is 12.2 Å². The second kappa shape index (κ2) is 5.94. The van der Waals surface area contributed by atoms with E-state index in [1.165, 1.54) is 22.5 Å². The van der Waals surface area contributed by atoms with E-state index in [1.54, 1.807) is 7.05 Å². The van der Waals surface area contributed by atoms with E-state index >= 15 is 0 Å². The summed E-state index contributed by atoms with van der Waals surface area (Å²) in [6, 6.07) is 4.15. The van der Waals surface area contributed by atoms with E-state index in [2.05, 4.69) is 10.6 Å². The van der Waals surface area contributed by atoms with E-state index in [0.29, 0.717) is 18.2 Å². The van der Waals surface area contributed by atoms with Crippen LogP contribution in [0.5, 0.6) is 5.75 Å². The number of nitrogens with one attached hydrogen (secondary N) is 2. The Hall–Kier alpha value is -1.38. The molecule has 0 atom stereocenters. The van der Waals surface area contributed by atoms with Crippen molar-refractivity contribution in [3.05, 3.63) is 18.2 Å². The zero-order valence-electron chi connectivity index (χ0n) is 11.1. The minimum atomic E-state index is -3.50. The highest BCUT2D eigenvalue weighted by Crippen LogP contribution is 2.29. The molecular weight excluding hydrogens is 298 g/mol. The number of rotatable bonds is 3. The molecule has 0 bridgehead atoms. The van der Waals surface area contributed by atoms with Gasteiger partial charge in [-0.25, -0.2) is 8.42 Å². The second-order valence-corrected chi connectivity index (χ2v) is 6.84. The van der Waals surface area contributed by atoms with Crippen molar-refractivity contribution in [2.24, 2.45) is 0 Å². The lowest BCUT2D eigenvalue weighted by molar-refractivity contribution is 0.473. The van der Waals surface area contributed by atoms with Gasteiger partial charge in [0, 0.05) is 20.1 Å². The first-order valence-corrected chi connectivity index (χ1v) is 8.12. The van der Waals surface area contributed by atoms with Crippen molar-refractivity contribution in [2.45, 2.75) is 17.7 Å². The molecule has 0 radical (unpaired) electrons. The third kappa shape index (κ3) is 3.02. The molecule has 110 valence electrons. The van der Waals surface area contributed by atoms with Crippen molar-refractivity contribution in [2.75, 3.05) is 25.5 Å². The molecule has 20 heavy (non-hydrogen) atoms. The summed E-state index contributed by atoms with van der Waals surface area (Å²) in [4.78, 5) is 0.151. The Balaban J connectivity index is 2.33. The van der Waals surface area contributed by atoms with Gasteiger partial charge in [-0.1, -0.05) is 0 Å². The topological polar surface area (TPSA) is 81.7 Å². The number of hydrogen-bond acceptors (Lipinski definition) is 4. The quantitative estimate of drug-likeness (QED) is 0.572. The molecule has 1 aromatic carbocycles.